The van der Waals surface area contributed by atoms with E-state index in [-0.39, 0.29) is 5.91 Å². The molecular weight excluding hydrogens is 262 g/mol. The largest absolute Gasteiger partial charge is 0.348 e. The molecule has 2 aromatic heterocycles. The lowest BCUT2D eigenvalue weighted by Gasteiger charge is -2.01. The third-order valence-electron chi connectivity index (χ3n) is 3.16. The zero-order valence-corrected chi connectivity index (χ0v) is 11.4. The predicted molar refractivity (Wildman–Crippen MR) is 82.5 cm³/mol. The van der Waals surface area contributed by atoms with Crippen LogP contribution in [-0.4, -0.2) is 15.3 Å². The van der Waals surface area contributed by atoms with Gasteiger partial charge in [-0.25, -0.2) is 4.98 Å². The summed E-state index contributed by atoms with van der Waals surface area (Å²) >= 11 is 0. The smallest absolute Gasteiger partial charge is 0.244 e. The van der Waals surface area contributed by atoms with E-state index in [1.165, 1.54) is 6.08 Å². The average molecular weight is 277 g/mol. The first kappa shape index (κ1) is 13.1. The Morgan fingerprint density at radius 3 is 2.81 bits per heavy atom. The van der Waals surface area contributed by atoms with E-state index in [2.05, 4.69) is 10.3 Å². The lowest BCUT2D eigenvalue weighted by Crippen LogP contribution is -2.20. The molecule has 0 aliphatic carbocycles. The van der Waals surface area contributed by atoms with Crippen LogP contribution in [0.3, 0.4) is 0 Å². The van der Waals surface area contributed by atoms with Crippen molar-refractivity contribution in [2.24, 2.45) is 0 Å². The number of benzene rings is 1. The van der Waals surface area contributed by atoms with Crippen molar-refractivity contribution < 1.29 is 4.79 Å². The maximum absolute atomic E-state index is 11.8. The van der Waals surface area contributed by atoms with Gasteiger partial charge in [-0.05, 0) is 23.8 Å². The van der Waals surface area contributed by atoms with Gasteiger partial charge < -0.3 is 9.72 Å². The van der Waals surface area contributed by atoms with Crippen LogP contribution in [0.4, 0.5) is 0 Å². The molecule has 0 spiro atoms. The highest BCUT2D eigenvalue weighted by atomic mass is 16.1. The van der Waals surface area contributed by atoms with Crippen molar-refractivity contribution in [1.82, 2.24) is 14.7 Å². The number of pyridine rings is 1. The summed E-state index contributed by atoms with van der Waals surface area (Å²) < 4.78 is 1.93. The second-order valence-electron chi connectivity index (χ2n) is 4.65. The van der Waals surface area contributed by atoms with Gasteiger partial charge in [-0.2, -0.15) is 0 Å². The molecule has 0 aliphatic rings. The van der Waals surface area contributed by atoms with Gasteiger partial charge in [0.1, 0.15) is 5.65 Å². The molecule has 4 nitrogen and oxygen atoms in total. The third-order valence-corrected chi connectivity index (χ3v) is 3.16. The van der Waals surface area contributed by atoms with Gasteiger partial charge >= 0.3 is 0 Å². The SMILES string of the molecule is O=C(/C=C/c1cnc2ccccn12)NCc1ccccc1. The zero-order chi connectivity index (χ0) is 14.5. The van der Waals surface area contributed by atoms with E-state index >= 15 is 0 Å². The molecule has 104 valence electrons. The number of amides is 1. The number of carbonyl (C=O) groups excluding carboxylic acids is 1. The summed E-state index contributed by atoms with van der Waals surface area (Å²) in [7, 11) is 0. The highest BCUT2D eigenvalue weighted by Crippen LogP contribution is 2.07. The van der Waals surface area contributed by atoms with Crippen molar-refractivity contribution in [2.75, 3.05) is 0 Å². The summed E-state index contributed by atoms with van der Waals surface area (Å²) in [6.07, 6.45) is 6.96. The molecule has 3 aromatic rings. The first-order chi connectivity index (χ1) is 10.3. The fourth-order valence-electron chi connectivity index (χ4n) is 2.08. The maximum atomic E-state index is 11.8. The fourth-order valence-corrected chi connectivity index (χ4v) is 2.08. The van der Waals surface area contributed by atoms with Crippen LogP contribution in [0.15, 0.2) is 67.0 Å². The van der Waals surface area contributed by atoms with Crippen molar-refractivity contribution in [2.45, 2.75) is 6.54 Å². The Labute approximate surface area is 122 Å². The Balaban J connectivity index is 1.64. The average Bonchev–Trinajstić information content (AvgIpc) is 2.95. The lowest BCUT2D eigenvalue weighted by molar-refractivity contribution is -0.116. The zero-order valence-electron chi connectivity index (χ0n) is 11.4. The van der Waals surface area contributed by atoms with Crippen LogP contribution in [-0.2, 0) is 11.3 Å². The van der Waals surface area contributed by atoms with Crippen LogP contribution in [0.1, 0.15) is 11.3 Å². The highest BCUT2D eigenvalue weighted by molar-refractivity contribution is 5.91. The summed E-state index contributed by atoms with van der Waals surface area (Å²) in [5, 5.41) is 2.85. The Morgan fingerprint density at radius 2 is 1.95 bits per heavy atom. The number of hydrogen-bond acceptors (Lipinski definition) is 2. The highest BCUT2D eigenvalue weighted by Gasteiger charge is 2.00. The standard InChI is InChI=1S/C17H15N3O/c21-17(19-12-14-6-2-1-3-7-14)10-9-15-13-18-16-8-4-5-11-20(15)16/h1-11,13H,12H2,(H,19,21)/b10-9+. The first-order valence-corrected chi connectivity index (χ1v) is 6.75. The molecule has 4 heteroatoms. The summed E-state index contributed by atoms with van der Waals surface area (Å²) in [5.41, 5.74) is 2.82. The molecule has 0 radical (unpaired) electrons. The van der Waals surface area contributed by atoms with E-state index in [1.54, 1.807) is 12.3 Å². The van der Waals surface area contributed by atoms with Gasteiger partial charge in [-0.1, -0.05) is 36.4 Å². The van der Waals surface area contributed by atoms with Gasteiger partial charge in [0.25, 0.3) is 0 Å². The Kier molecular flexibility index (Phi) is 3.78. The number of nitrogens with one attached hydrogen (secondary N) is 1. The minimum absolute atomic E-state index is 0.121. The second-order valence-corrected chi connectivity index (χ2v) is 4.65. The van der Waals surface area contributed by atoms with Gasteiger partial charge in [-0.15, -0.1) is 0 Å². The molecule has 0 atom stereocenters. The molecule has 0 saturated heterocycles. The van der Waals surface area contributed by atoms with E-state index in [1.807, 2.05) is 59.1 Å². The molecule has 0 unspecified atom stereocenters. The molecule has 0 fully saturated rings. The van der Waals surface area contributed by atoms with Crippen molar-refractivity contribution in [3.63, 3.8) is 0 Å². The van der Waals surface area contributed by atoms with E-state index in [4.69, 9.17) is 0 Å². The molecule has 0 aliphatic heterocycles. The van der Waals surface area contributed by atoms with Crippen molar-refractivity contribution in [3.8, 4) is 0 Å². The molecule has 1 aromatic carbocycles. The molecule has 0 saturated carbocycles. The van der Waals surface area contributed by atoms with Crippen molar-refractivity contribution >= 4 is 17.6 Å². The number of fused-ring (bicyclic) bond motifs is 1. The van der Waals surface area contributed by atoms with E-state index in [0.717, 1.165) is 16.9 Å². The van der Waals surface area contributed by atoms with E-state index in [0.29, 0.717) is 6.54 Å². The minimum Gasteiger partial charge on any atom is -0.348 e. The molecule has 1 amide bonds. The van der Waals surface area contributed by atoms with Crippen LogP contribution < -0.4 is 5.32 Å². The summed E-state index contributed by atoms with van der Waals surface area (Å²) in [5.74, 6) is -0.121. The second kappa shape index (κ2) is 6.05. The summed E-state index contributed by atoms with van der Waals surface area (Å²) in [4.78, 5) is 16.1. The van der Waals surface area contributed by atoms with Crippen LogP contribution in [0.2, 0.25) is 0 Å². The molecule has 2 heterocycles. The van der Waals surface area contributed by atoms with Crippen LogP contribution >= 0.6 is 0 Å². The summed E-state index contributed by atoms with van der Waals surface area (Å²) in [6.45, 7) is 0.525. The number of rotatable bonds is 4. The van der Waals surface area contributed by atoms with E-state index in [9.17, 15) is 4.79 Å². The number of carbonyl (C=O) groups is 1. The normalized spacial score (nSPS) is 11.0. The molecule has 1 N–H and O–H groups in total. The molecule has 0 bridgehead atoms. The van der Waals surface area contributed by atoms with Crippen LogP contribution in [0, 0.1) is 0 Å². The van der Waals surface area contributed by atoms with Gasteiger partial charge in [0.2, 0.25) is 5.91 Å². The van der Waals surface area contributed by atoms with Crippen LogP contribution in [0.5, 0.6) is 0 Å². The number of hydrogen-bond donors (Lipinski definition) is 1. The Morgan fingerprint density at radius 1 is 1.14 bits per heavy atom. The predicted octanol–water partition coefficient (Wildman–Crippen LogP) is 2.66. The van der Waals surface area contributed by atoms with Crippen LogP contribution in [0.25, 0.3) is 11.7 Å². The number of imidazole rings is 1. The lowest BCUT2D eigenvalue weighted by atomic mass is 10.2. The van der Waals surface area contributed by atoms with Gasteiger partial charge in [-0.3, -0.25) is 4.79 Å². The van der Waals surface area contributed by atoms with E-state index < -0.39 is 0 Å². The molecular formula is C17H15N3O. The van der Waals surface area contributed by atoms with Crippen molar-refractivity contribution in [1.29, 1.82) is 0 Å². The quantitative estimate of drug-likeness (QED) is 0.745. The number of nitrogens with zero attached hydrogens (tertiary/aromatic N) is 2. The fraction of sp³-hybridized carbons (Fsp3) is 0.0588. The molecule has 3 rings (SSSR count). The number of aromatic nitrogens is 2. The monoisotopic (exact) mass is 277 g/mol. The first-order valence-electron chi connectivity index (χ1n) is 6.75. The van der Waals surface area contributed by atoms with Gasteiger partial charge in [0.15, 0.2) is 0 Å². The summed E-state index contributed by atoms with van der Waals surface area (Å²) in [6, 6.07) is 15.6. The van der Waals surface area contributed by atoms with Gasteiger partial charge in [0, 0.05) is 18.8 Å². The minimum atomic E-state index is -0.121. The Hall–Kier alpha value is -2.88. The Bertz CT molecular complexity index is 775. The van der Waals surface area contributed by atoms with Gasteiger partial charge in [0.05, 0.1) is 11.9 Å². The maximum Gasteiger partial charge on any atom is 0.244 e. The topological polar surface area (TPSA) is 46.4 Å². The van der Waals surface area contributed by atoms with Crippen molar-refractivity contribution in [3.05, 3.63) is 78.3 Å². The third kappa shape index (κ3) is 3.17. The molecule has 21 heavy (non-hydrogen) atoms.